The molecule has 238 valence electrons. The highest BCUT2D eigenvalue weighted by Crippen LogP contribution is 2.46. The molecule has 0 unspecified atom stereocenters. The van der Waals surface area contributed by atoms with E-state index in [1.807, 2.05) is 18.2 Å². The maximum atomic E-state index is 6.78. The summed E-state index contributed by atoms with van der Waals surface area (Å²) in [5.41, 5.74) is 8.96. The lowest BCUT2D eigenvalue weighted by Crippen LogP contribution is -2.10. The molecule has 0 saturated carbocycles. The molecule has 0 amide bonds. The molecule has 0 bridgehead atoms. The van der Waals surface area contributed by atoms with Crippen molar-refractivity contribution in [1.82, 2.24) is 0 Å². The first kappa shape index (κ1) is 28.0. The van der Waals surface area contributed by atoms with E-state index in [0.717, 1.165) is 72.1 Å². The van der Waals surface area contributed by atoms with Gasteiger partial charge in [-0.1, -0.05) is 121 Å². The molecule has 0 fully saturated rings. The van der Waals surface area contributed by atoms with E-state index in [9.17, 15) is 0 Å². The highest BCUT2D eigenvalue weighted by Gasteiger charge is 2.22. The van der Waals surface area contributed by atoms with Crippen LogP contribution in [0.2, 0.25) is 0 Å². The van der Waals surface area contributed by atoms with Crippen LogP contribution in [0.5, 0.6) is 0 Å². The molecule has 0 aliphatic heterocycles. The van der Waals surface area contributed by atoms with Crippen LogP contribution in [0.1, 0.15) is 0 Å². The molecule has 0 N–H and O–H groups in total. The molecule has 0 saturated heterocycles. The quantitative estimate of drug-likeness (QED) is 0.177. The van der Waals surface area contributed by atoms with Crippen LogP contribution in [-0.4, -0.2) is 0 Å². The molecule has 11 rings (SSSR count). The van der Waals surface area contributed by atoms with E-state index < -0.39 is 0 Å². The molecule has 2 heterocycles. The van der Waals surface area contributed by atoms with E-state index in [2.05, 4.69) is 163 Å². The van der Waals surface area contributed by atoms with E-state index in [-0.39, 0.29) is 0 Å². The zero-order valence-electron chi connectivity index (χ0n) is 27.5. The van der Waals surface area contributed by atoms with Crippen molar-refractivity contribution >= 4 is 93.3 Å². The maximum Gasteiger partial charge on any atom is 0.160 e. The number of furan rings is 2. The second-order valence-corrected chi connectivity index (χ2v) is 13.3. The summed E-state index contributed by atoms with van der Waals surface area (Å²) in [6.07, 6.45) is 0. The Kier molecular flexibility index (Phi) is 5.96. The predicted molar refractivity (Wildman–Crippen MR) is 214 cm³/mol. The number of hydrogen-bond acceptors (Lipinski definition) is 3. The number of anilines is 3. The molecular formula is C48H29NO2. The summed E-state index contributed by atoms with van der Waals surface area (Å²) in [4.78, 5) is 2.36. The van der Waals surface area contributed by atoms with E-state index in [0.29, 0.717) is 0 Å². The smallest absolute Gasteiger partial charge is 0.160 e. The standard InChI is InChI=1S/C48H29NO2/c1-3-11-37-31(9-1)17-18-32-21-25-36(29-41(32)37)49(43-28-34-10-2-4-12-38(34)47-40-14-6-8-16-45(40)51-48(43)47)35-23-19-30(20-24-35)33-22-26-46-42(27-33)39-13-5-7-15-44(39)50-46/h1-29H. The van der Waals surface area contributed by atoms with E-state index in [4.69, 9.17) is 8.83 Å². The van der Waals surface area contributed by atoms with Crippen LogP contribution in [0, 0.1) is 0 Å². The van der Waals surface area contributed by atoms with Crippen molar-refractivity contribution in [2.45, 2.75) is 0 Å². The Morgan fingerprint density at radius 3 is 1.75 bits per heavy atom. The molecule has 0 radical (unpaired) electrons. The Bertz CT molecular complexity index is 3150. The summed E-state index contributed by atoms with van der Waals surface area (Å²) >= 11 is 0. The molecule has 2 aromatic heterocycles. The van der Waals surface area contributed by atoms with Gasteiger partial charge in [-0.15, -0.1) is 0 Å². The molecule has 0 aliphatic rings. The summed E-state index contributed by atoms with van der Waals surface area (Å²) in [6.45, 7) is 0. The Balaban J connectivity index is 1.15. The van der Waals surface area contributed by atoms with Crippen LogP contribution in [0.25, 0.3) is 87.3 Å². The minimum atomic E-state index is 0.870. The summed E-state index contributed by atoms with van der Waals surface area (Å²) < 4.78 is 12.9. The number of fused-ring (bicyclic) bond motifs is 11. The third-order valence-electron chi connectivity index (χ3n) is 10.4. The van der Waals surface area contributed by atoms with Crippen molar-refractivity contribution in [2.24, 2.45) is 0 Å². The normalized spacial score (nSPS) is 11.9. The van der Waals surface area contributed by atoms with Crippen molar-refractivity contribution in [1.29, 1.82) is 0 Å². The van der Waals surface area contributed by atoms with Gasteiger partial charge in [0.1, 0.15) is 16.7 Å². The topological polar surface area (TPSA) is 29.5 Å². The Morgan fingerprint density at radius 2 is 0.922 bits per heavy atom. The first-order valence-electron chi connectivity index (χ1n) is 17.3. The minimum Gasteiger partial charge on any atom is -0.456 e. The number of benzene rings is 9. The number of hydrogen-bond donors (Lipinski definition) is 0. The third-order valence-corrected chi connectivity index (χ3v) is 10.4. The van der Waals surface area contributed by atoms with E-state index in [1.54, 1.807) is 0 Å². The van der Waals surface area contributed by atoms with Gasteiger partial charge in [-0.25, -0.2) is 0 Å². The van der Waals surface area contributed by atoms with Gasteiger partial charge >= 0.3 is 0 Å². The molecular weight excluding hydrogens is 623 g/mol. The zero-order valence-corrected chi connectivity index (χ0v) is 27.5. The second-order valence-electron chi connectivity index (χ2n) is 13.3. The van der Waals surface area contributed by atoms with E-state index >= 15 is 0 Å². The first-order chi connectivity index (χ1) is 25.3. The van der Waals surface area contributed by atoms with Crippen molar-refractivity contribution in [3.05, 3.63) is 176 Å². The van der Waals surface area contributed by atoms with Crippen LogP contribution in [0.15, 0.2) is 185 Å². The lowest BCUT2D eigenvalue weighted by Gasteiger charge is -2.27. The fraction of sp³-hybridized carbons (Fsp3) is 0. The fourth-order valence-corrected chi connectivity index (χ4v) is 7.99. The van der Waals surface area contributed by atoms with Crippen LogP contribution in [-0.2, 0) is 0 Å². The van der Waals surface area contributed by atoms with Crippen LogP contribution in [0.3, 0.4) is 0 Å². The predicted octanol–water partition coefficient (Wildman–Crippen LogP) is 14.1. The van der Waals surface area contributed by atoms with Crippen LogP contribution in [0.4, 0.5) is 17.1 Å². The van der Waals surface area contributed by atoms with Gasteiger partial charge in [0, 0.05) is 32.9 Å². The van der Waals surface area contributed by atoms with Gasteiger partial charge in [-0.3, -0.25) is 0 Å². The SMILES string of the molecule is c1ccc2c(c1)ccc1ccc(N(c3ccc(-c4ccc5oc6ccccc6c5c4)cc3)c3cc4ccccc4c4c3oc3ccccc34)cc12. The zero-order chi connectivity index (χ0) is 33.5. The Morgan fingerprint density at radius 1 is 0.333 bits per heavy atom. The van der Waals surface area contributed by atoms with Gasteiger partial charge in [-0.2, -0.15) is 0 Å². The van der Waals surface area contributed by atoms with Gasteiger partial charge in [-0.05, 0) is 98.0 Å². The first-order valence-corrected chi connectivity index (χ1v) is 17.3. The molecule has 0 aliphatic carbocycles. The number of para-hydroxylation sites is 2. The summed E-state index contributed by atoms with van der Waals surface area (Å²) in [5, 5.41) is 11.8. The fourth-order valence-electron chi connectivity index (χ4n) is 7.99. The van der Waals surface area contributed by atoms with Crippen LogP contribution < -0.4 is 4.90 Å². The number of nitrogens with zero attached hydrogens (tertiary/aromatic N) is 1. The average Bonchev–Trinajstić information content (AvgIpc) is 3.77. The van der Waals surface area contributed by atoms with Crippen molar-refractivity contribution in [3.8, 4) is 11.1 Å². The van der Waals surface area contributed by atoms with Gasteiger partial charge < -0.3 is 13.7 Å². The third kappa shape index (κ3) is 4.32. The van der Waals surface area contributed by atoms with Gasteiger partial charge in [0.15, 0.2) is 5.58 Å². The van der Waals surface area contributed by atoms with E-state index in [1.165, 1.54) is 32.3 Å². The Hall–Kier alpha value is -6.84. The summed E-state index contributed by atoms with van der Waals surface area (Å²) in [7, 11) is 0. The van der Waals surface area contributed by atoms with Crippen LogP contribution >= 0.6 is 0 Å². The maximum absolute atomic E-state index is 6.78. The van der Waals surface area contributed by atoms with Gasteiger partial charge in [0.05, 0.1) is 5.69 Å². The molecule has 0 spiro atoms. The average molecular weight is 652 g/mol. The monoisotopic (exact) mass is 651 g/mol. The summed E-state index contributed by atoms with van der Waals surface area (Å²) in [5.74, 6) is 0. The lowest BCUT2D eigenvalue weighted by molar-refractivity contribution is 0.669. The van der Waals surface area contributed by atoms with Crippen molar-refractivity contribution in [3.63, 3.8) is 0 Å². The minimum absolute atomic E-state index is 0.870. The largest absolute Gasteiger partial charge is 0.456 e. The molecule has 3 heteroatoms. The van der Waals surface area contributed by atoms with Crippen molar-refractivity contribution in [2.75, 3.05) is 4.90 Å². The Labute approximate surface area is 293 Å². The highest BCUT2D eigenvalue weighted by molar-refractivity contribution is 6.23. The van der Waals surface area contributed by atoms with Gasteiger partial charge in [0.25, 0.3) is 0 Å². The highest BCUT2D eigenvalue weighted by atomic mass is 16.3. The molecule has 51 heavy (non-hydrogen) atoms. The lowest BCUT2D eigenvalue weighted by atomic mass is 9.99. The molecule has 9 aromatic carbocycles. The molecule has 0 atom stereocenters. The second kappa shape index (κ2) is 10.8. The molecule has 3 nitrogen and oxygen atoms in total. The number of rotatable bonds is 4. The molecule has 11 aromatic rings. The van der Waals surface area contributed by atoms with Crippen molar-refractivity contribution < 1.29 is 8.83 Å². The van der Waals surface area contributed by atoms with Gasteiger partial charge in [0.2, 0.25) is 0 Å². The summed E-state index contributed by atoms with van der Waals surface area (Å²) in [6, 6.07) is 62.7.